The van der Waals surface area contributed by atoms with Crippen molar-refractivity contribution < 1.29 is 60.8 Å². The zero-order valence-corrected chi connectivity index (χ0v) is 46.6. The second-order valence-electron chi connectivity index (χ2n) is 21.3. The second-order valence-corrected chi connectivity index (χ2v) is 22.9. The van der Waals surface area contributed by atoms with Crippen LogP contribution in [0.4, 0.5) is 0 Å². The largest absolute Gasteiger partial charge is 0.487 e. The molecule has 2 aromatic rings. The summed E-state index contributed by atoms with van der Waals surface area (Å²) in [5.74, 6) is -3.78. The van der Waals surface area contributed by atoms with Gasteiger partial charge in [-0.15, -0.1) is 0 Å². The highest BCUT2D eigenvalue weighted by Gasteiger charge is 2.38. The highest BCUT2D eigenvalue weighted by Crippen LogP contribution is 2.43. The summed E-state index contributed by atoms with van der Waals surface area (Å²) in [7, 11) is -4.20. The van der Waals surface area contributed by atoms with Crippen molar-refractivity contribution in [2.24, 2.45) is 22.4 Å². The number of carbonyl (C=O) groups excluding carboxylic acids is 5. The Hall–Kier alpha value is -5.39. The molecule has 2 aromatic carbocycles. The van der Waals surface area contributed by atoms with Crippen molar-refractivity contribution in [3.63, 3.8) is 0 Å². The minimum absolute atomic E-state index is 0.0324. The molecule has 0 saturated heterocycles. The average Bonchev–Trinajstić information content (AvgIpc) is 3.63. The number of benzene rings is 2. The van der Waals surface area contributed by atoms with E-state index in [1.54, 1.807) is 69.2 Å². The smallest absolute Gasteiger partial charge is 0.329 e. The maximum Gasteiger partial charge on any atom is 0.329 e. The van der Waals surface area contributed by atoms with Crippen molar-refractivity contribution in [1.29, 1.82) is 0 Å². The summed E-state index contributed by atoms with van der Waals surface area (Å²) >= 11 is 0. The van der Waals surface area contributed by atoms with Crippen molar-refractivity contribution in [2.45, 2.75) is 162 Å². The molecular formula is C52H84N8O13S. The topological polar surface area (TPSA) is 299 Å². The molecule has 0 spiro atoms. The Morgan fingerprint density at radius 2 is 1.36 bits per heavy atom. The predicted octanol–water partition coefficient (Wildman–Crippen LogP) is 2.70. The molecule has 21 nitrogen and oxygen atoms in total. The monoisotopic (exact) mass is 1060 g/mol. The van der Waals surface area contributed by atoms with E-state index < -0.39 is 93.1 Å². The highest BCUT2D eigenvalue weighted by atomic mass is 32.2. The molecule has 0 bridgehead atoms. The normalized spacial score (nSPS) is 15.3. The minimum atomic E-state index is -4.20. The van der Waals surface area contributed by atoms with E-state index in [1.807, 2.05) is 51.1 Å². The molecule has 0 aliphatic carbocycles. The highest BCUT2D eigenvalue weighted by molar-refractivity contribution is 7.90. The molecule has 3 rings (SSSR count). The Labute approximate surface area is 438 Å². The third-order valence-corrected chi connectivity index (χ3v) is 13.1. The van der Waals surface area contributed by atoms with Crippen molar-refractivity contribution in [3.8, 4) is 5.75 Å². The van der Waals surface area contributed by atoms with Crippen LogP contribution in [0.1, 0.15) is 110 Å². The van der Waals surface area contributed by atoms with Crippen LogP contribution in [0.3, 0.4) is 0 Å². The van der Waals surface area contributed by atoms with Gasteiger partial charge < -0.3 is 61.2 Å². The van der Waals surface area contributed by atoms with Crippen LogP contribution in [0.5, 0.6) is 5.75 Å². The van der Waals surface area contributed by atoms with Gasteiger partial charge in [0, 0.05) is 31.5 Å². The average molecular weight is 1060 g/mol. The van der Waals surface area contributed by atoms with Gasteiger partial charge in [-0.25, -0.2) is 17.9 Å². The summed E-state index contributed by atoms with van der Waals surface area (Å²) < 4.78 is 64.0. The van der Waals surface area contributed by atoms with Gasteiger partial charge in [-0.2, -0.15) is 0 Å². The maximum atomic E-state index is 14.2. The third-order valence-electron chi connectivity index (χ3n) is 11.5. The first-order valence-electron chi connectivity index (χ1n) is 25.1. The van der Waals surface area contributed by atoms with E-state index in [9.17, 15) is 32.4 Å². The molecule has 1 aliphatic rings. The molecule has 4 amide bonds. The number of ether oxygens (including phenoxy) is 6. The fraction of sp³-hybridized carbons (Fsp3) is 0.654. The zero-order valence-electron chi connectivity index (χ0n) is 45.8. The van der Waals surface area contributed by atoms with E-state index in [4.69, 9.17) is 39.9 Å². The summed E-state index contributed by atoms with van der Waals surface area (Å²) in [6.07, 6.45) is 0.714. The Bertz CT molecular complexity index is 2350. The molecule has 22 heteroatoms. The van der Waals surface area contributed by atoms with Crippen molar-refractivity contribution >= 4 is 45.6 Å². The number of esters is 1. The first kappa shape index (κ1) is 62.9. The summed E-state index contributed by atoms with van der Waals surface area (Å²) in [4.78, 5) is 73.6. The maximum absolute atomic E-state index is 14.2. The van der Waals surface area contributed by atoms with Crippen LogP contribution in [-0.2, 0) is 70.5 Å². The van der Waals surface area contributed by atoms with Crippen LogP contribution in [0.25, 0.3) is 0 Å². The third kappa shape index (κ3) is 21.1. The van der Waals surface area contributed by atoms with E-state index >= 15 is 0 Å². The number of nitrogens with one attached hydrogen (secondary N) is 5. The van der Waals surface area contributed by atoms with Crippen LogP contribution in [0.2, 0.25) is 0 Å². The number of carbonyl (C=O) groups is 5. The summed E-state index contributed by atoms with van der Waals surface area (Å²) in [5, 5.41) is 10.9. The molecule has 1 aliphatic heterocycles. The fourth-order valence-corrected chi connectivity index (χ4v) is 9.34. The van der Waals surface area contributed by atoms with E-state index in [1.165, 1.54) is 0 Å². The van der Waals surface area contributed by atoms with E-state index in [0.29, 0.717) is 55.2 Å². The van der Waals surface area contributed by atoms with Crippen LogP contribution in [0, 0.1) is 26.7 Å². The molecule has 0 radical (unpaired) electrons. The standard InChI is InChI=1S/C52H84N8O13S/c1-32(2)42(47(64)58-40(30-71-50(6,7)8)46(63)57-39(48(65)73-51(9,10)11)28-36-18-15-14-16-19-36)59-45(62)38(56-41(61)31-70-27-26-69-25-24-68-23-21-53)20-17-22-55-49(54)60-74(66,67)44-34(4)33(3)43-37(35(44)5)29-52(12,13)72-43/h14-16,18-19,32,38-40,42H,17,20-31,53H2,1-13H3,(H,56,61)(H,57,63)(H,58,64)(H,59,62)(H3,54,55,60)/t38-,39-,40-,42-/m0/s1. The molecule has 0 unspecified atom stereocenters. The molecule has 4 atom stereocenters. The van der Waals surface area contributed by atoms with Crippen molar-refractivity contribution in [2.75, 3.05) is 59.3 Å². The Morgan fingerprint density at radius 1 is 0.770 bits per heavy atom. The molecule has 74 heavy (non-hydrogen) atoms. The van der Waals surface area contributed by atoms with Gasteiger partial charge in [-0.1, -0.05) is 44.2 Å². The molecule has 0 saturated carbocycles. The molecule has 9 N–H and O–H groups in total. The number of rotatable bonds is 29. The lowest BCUT2D eigenvalue weighted by molar-refractivity contribution is -0.159. The number of hydrogen-bond donors (Lipinski definition) is 7. The number of guanidine groups is 1. The lowest BCUT2D eigenvalue weighted by atomic mass is 9.94. The van der Waals surface area contributed by atoms with E-state index in [2.05, 4.69) is 31.0 Å². The van der Waals surface area contributed by atoms with E-state index in [0.717, 1.165) is 11.1 Å². The number of nitrogens with zero attached hydrogens (tertiary/aromatic N) is 1. The number of nitrogens with two attached hydrogens (primary N) is 2. The van der Waals surface area contributed by atoms with Crippen LogP contribution in [-0.4, -0.2) is 144 Å². The quantitative estimate of drug-likeness (QED) is 0.0267. The van der Waals surface area contributed by atoms with Gasteiger partial charge in [0.15, 0.2) is 0 Å². The number of fused-ring (bicyclic) bond motifs is 1. The van der Waals surface area contributed by atoms with Gasteiger partial charge in [0.05, 0.1) is 50.1 Å². The minimum Gasteiger partial charge on any atom is -0.487 e. The van der Waals surface area contributed by atoms with Crippen molar-refractivity contribution in [3.05, 3.63) is 58.1 Å². The van der Waals surface area contributed by atoms with Gasteiger partial charge in [0.25, 0.3) is 10.0 Å². The first-order valence-corrected chi connectivity index (χ1v) is 26.6. The summed E-state index contributed by atoms with van der Waals surface area (Å²) in [6.45, 7) is 23.9. The number of aliphatic imine (C=N–C) groups is 1. The second kappa shape index (κ2) is 28.5. The molecule has 0 aromatic heterocycles. The molecule has 1 heterocycles. The number of hydrogen-bond acceptors (Lipinski definition) is 15. The van der Waals surface area contributed by atoms with Crippen molar-refractivity contribution in [1.82, 2.24) is 26.0 Å². The van der Waals surface area contributed by atoms with Gasteiger partial charge in [-0.05, 0) is 117 Å². The molecule has 416 valence electrons. The van der Waals surface area contributed by atoms with Gasteiger partial charge in [0.1, 0.15) is 47.7 Å². The Balaban J connectivity index is 1.82. The lowest BCUT2D eigenvalue weighted by Crippen LogP contribution is -2.60. The Kier molecular flexibility index (Phi) is 24.2. The lowest BCUT2D eigenvalue weighted by Gasteiger charge is -2.30. The van der Waals surface area contributed by atoms with Crippen LogP contribution in [0.15, 0.2) is 40.2 Å². The summed E-state index contributed by atoms with van der Waals surface area (Å²) in [6, 6.07) is 4.11. The zero-order chi connectivity index (χ0) is 55.6. The first-order chi connectivity index (χ1) is 34.4. The van der Waals surface area contributed by atoms with Gasteiger partial charge in [-0.3, -0.25) is 24.2 Å². The number of sulfonamides is 1. The SMILES string of the molecule is Cc1c(C)c(S(=O)(=O)NC(N)=NCCC[C@H](NC(=O)COCCOCCOCCN)C(=O)N[C@H](C(=O)N[C@@H](COC(C)(C)C)C(=O)N[C@@H](Cc2ccccc2)C(=O)OC(C)(C)C)C(C)C)c(C)c2c1OC(C)(C)C2. The Morgan fingerprint density at radius 3 is 1.96 bits per heavy atom. The summed E-state index contributed by atoms with van der Waals surface area (Å²) in [5.41, 5.74) is 12.8. The molecule has 0 fully saturated rings. The van der Waals surface area contributed by atoms with Crippen LogP contribution >= 0.6 is 0 Å². The predicted molar refractivity (Wildman–Crippen MR) is 281 cm³/mol. The number of amides is 4. The van der Waals surface area contributed by atoms with Crippen LogP contribution < -0.4 is 42.2 Å². The fourth-order valence-electron chi connectivity index (χ4n) is 7.81. The van der Waals surface area contributed by atoms with E-state index in [-0.39, 0.29) is 56.5 Å². The van der Waals surface area contributed by atoms with Gasteiger partial charge in [0.2, 0.25) is 29.6 Å². The van der Waals surface area contributed by atoms with Gasteiger partial charge >= 0.3 is 5.97 Å². The molecular weight excluding hydrogens is 977 g/mol.